The lowest BCUT2D eigenvalue weighted by molar-refractivity contribution is 0.0487. The maximum atomic E-state index is 13.2. The van der Waals surface area contributed by atoms with Crippen LogP contribution in [0.25, 0.3) is 0 Å². The molecular formula is C25H32N2O6S. The first-order chi connectivity index (χ1) is 16.4. The van der Waals surface area contributed by atoms with Gasteiger partial charge < -0.3 is 19.5 Å². The molecule has 0 aliphatic carbocycles. The highest BCUT2D eigenvalue weighted by Crippen LogP contribution is 2.35. The highest BCUT2D eigenvalue weighted by molar-refractivity contribution is 7.89. The first-order valence-corrected chi connectivity index (χ1v) is 13.0. The van der Waals surface area contributed by atoms with E-state index in [9.17, 15) is 13.2 Å². The Labute approximate surface area is 201 Å². The lowest BCUT2D eigenvalue weighted by Crippen LogP contribution is -2.44. The standard InChI is InChI=1S/C25H32N2O6S/c1-19-3-8-22(34(29,30)27-11-15-33-16-12-27)17-23(19)24(28)26-18-25(9-13-32-14-10-25)20-4-6-21(31-2)7-5-20/h3-8,17H,9-16,18H2,1-2H3,(H,26,28). The summed E-state index contributed by atoms with van der Waals surface area (Å²) in [6.07, 6.45) is 1.56. The van der Waals surface area contributed by atoms with Crippen LogP contribution in [0.15, 0.2) is 47.4 Å². The van der Waals surface area contributed by atoms with Crippen LogP contribution in [0.2, 0.25) is 0 Å². The van der Waals surface area contributed by atoms with E-state index in [1.807, 2.05) is 31.2 Å². The zero-order valence-electron chi connectivity index (χ0n) is 19.7. The molecule has 1 amide bonds. The monoisotopic (exact) mass is 488 g/mol. The van der Waals surface area contributed by atoms with Crippen molar-refractivity contribution < 1.29 is 27.4 Å². The number of hydrogen-bond acceptors (Lipinski definition) is 6. The summed E-state index contributed by atoms with van der Waals surface area (Å²) in [6, 6.07) is 12.7. The number of hydrogen-bond donors (Lipinski definition) is 1. The van der Waals surface area contributed by atoms with E-state index >= 15 is 0 Å². The van der Waals surface area contributed by atoms with Crippen molar-refractivity contribution in [3.8, 4) is 5.75 Å². The van der Waals surface area contributed by atoms with Gasteiger partial charge in [-0.2, -0.15) is 4.31 Å². The van der Waals surface area contributed by atoms with Gasteiger partial charge in [-0.1, -0.05) is 18.2 Å². The second-order valence-electron chi connectivity index (χ2n) is 8.80. The Hall–Kier alpha value is -2.46. The number of benzene rings is 2. The van der Waals surface area contributed by atoms with Crippen molar-refractivity contribution in [3.63, 3.8) is 0 Å². The third-order valence-electron chi connectivity index (χ3n) is 6.80. The highest BCUT2D eigenvalue weighted by Gasteiger charge is 2.35. The molecule has 2 aliphatic rings. The molecule has 0 spiro atoms. The van der Waals surface area contributed by atoms with Gasteiger partial charge >= 0.3 is 0 Å². The minimum absolute atomic E-state index is 0.126. The molecule has 34 heavy (non-hydrogen) atoms. The zero-order valence-corrected chi connectivity index (χ0v) is 20.5. The van der Waals surface area contributed by atoms with E-state index in [1.54, 1.807) is 19.2 Å². The van der Waals surface area contributed by atoms with Gasteiger partial charge in [0.05, 0.1) is 25.2 Å². The quantitative estimate of drug-likeness (QED) is 0.644. The molecule has 2 saturated heterocycles. The lowest BCUT2D eigenvalue weighted by Gasteiger charge is -2.38. The third kappa shape index (κ3) is 5.12. The van der Waals surface area contributed by atoms with Gasteiger partial charge in [-0.15, -0.1) is 0 Å². The van der Waals surface area contributed by atoms with Crippen LogP contribution in [-0.4, -0.2) is 71.8 Å². The van der Waals surface area contributed by atoms with Crippen molar-refractivity contribution in [1.29, 1.82) is 0 Å². The van der Waals surface area contributed by atoms with Gasteiger partial charge in [0.15, 0.2) is 0 Å². The summed E-state index contributed by atoms with van der Waals surface area (Å²) in [7, 11) is -2.05. The minimum atomic E-state index is -3.69. The second kappa shape index (κ2) is 10.4. The van der Waals surface area contributed by atoms with E-state index in [0.717, 1.165) is 29.7 Å². The summed E-state index contributed by atoms with van der Waals surface area (Å²) in [4.78, 5) is 13.4. The van der Waals surface area contributed by atoms with Gasteiger partial charge in [0.2, 0.25) is 10.0 Å². The lowest BCUT2D eigenvalue weighted by atomic mass is 9.74. The number of carbonyl (C=O) groups excluding carboxylic acids is 1. The van der Waals surface area contributed by atoms with E-state index in [0.29, 0.717) is 51.6 Å². The number of amides is 1. The molecule has 2 aromatic rings. The fraction of sp³-hybridized carbons (Fsp3) is 0.480. The molecule has 2 aliphatic heterocycles. The highest BCUT2D eigenvalue weighted by atomic mass is 32.2. The maximum absolute atomic E-state index is 13.2. The molecule has 4 rings (SSSR count). The Morgan fingerprint density at radius 3 is 2.32 bits per heavy atom. The van der Waals surface area contributed by atoms with Gasteiger partial charge in [-0.05, 0) is 55.2 Å². The summed E-state index contributed by atoms with van der Waals surface area (Å²) in [5, 5.41) is 3.08. The SMILES string of the molecule is COc1ccc(C2(CNC(=O)c3cc(S(=O)(=O)N4CCOCC4)ccc3C)CCOCC2)cc1. The van der Waals surface area contributed by atoms with Gasteiger partial charge in [0.25, 0.3) is 5.91 Å². The van der Waals surface area contributed by atoms with E-state index in [1.165, 1.54) is 10.4 Å². The number of nitrogens with one attached hydrogen (secondary N) is 1. The molecule has 0 saturated carbocycles. The molecule has 0 radical (unpaired) electrons. The minimum Gasteiger partial charge on any atom is -0.497 e. The van der Waals surface area contributed by atoms with Gasteiger partial charge in [-0.3, -0.25) is 4.79 Å². The van der Waals surface area contributed by atoms with Gasteiger partial charge in [0.1, 0.15) is 5.75 Å². The number of sulfonamides is 1. The summed E-state index contributed by atoms with van der Waals surface area (Å²) in [6.45, 7) is 4.84. The van der Waals surface area contributed by atoms with Crippen molar-refractivity contribution in [2.45, 2.75) is 30.1 Å². The van der Waals surface area contributed by atoms with Crippen LogP contribution in [0.3, 0.4) is 0 Å². The maximum Gasteiger partial charge on any atom is 0.251 e. The second-order valence-corrected chi connectivity index (χ2v) is 10.7. The molecule has 184 valence electrons. The van der Waals surface area contributed by atoms with Crippen LogP contribution >= 0.6 is 0 Å². The van der Waals surface area contributed by atoms with Crippen LogP contribution in [0, 0.1) is 6.92 Å². The van der Waals surface area contributed by atoms with Crippen LogP contribution in [0.1, 0.15) is 34.3 Å². The Balaban J connectivity index is 1.54. The molecule has 0 bridgehead atoms. The first kappa shape index (κ1) is 24.7. The van der Waals surface area contributed by atoms with Crippen molar-refractivity contribution in [3.05, 3.63) is 59.2 Å². The predicted molar refractivity (Wildman–Crippen MR) is 128 cm³/mol. The Bertz CT molecular complexity index is 1100. The van der Waals surface area contributed by atoms with E-state index < -0.39 is 10.0 Å². The molecule has 2 aromatic carbocycles. The number of carbonyl (C=O) groups is 1. The van der Waals surface area contributed by atoms with E-state index in [4.69, 9.17) is 14.2 Å². The molecule has 1 N–H and O–H groups in total. The number of aryl methyl sites for hydroxylation is 1. The normalized spacial score (nSPS) is 18.9. The zero-order chi connectivity index (χ0) is 24.2. The topological polar surface area (TPSA) is 94.2 Å². The molecule has 2 heterocycles. The summed E-state index contributed by atoms with van der Waals surface area (Å²) < 4.78 is 43.7. The molecule has 0 aromatic heterocycles. The van der Waals surface area contributed by atoms with Crippen molar-refractivity contribution in [2.24, 2.45) is 0 Å². The molecular weight excluding hydrogens is 456 g/mol. The van der Waals surface area contributed by atoms with Crippen LogP contribution in [0.4, 0.5) is 0 Å². The van der Waals surface area contributed by atoms with Crippen LogP contribution in [-0.2, 0) is 24.9 Å². The average molecular weight is 489 g/mol. The van der Waals surface area contributed by atoms with Crippen molar-refractivity contribution in [1.82, 2.24) is 9.62 Å². The van der Waals surface area contributed by atoms with Crippen molar-refractivity contribution in [2.75, 3.05) is 53.2 Å². The summed E-state index contributed by atoms with van der Waals surface area (Å²) >= 11 is 0. The fourth-order valence-corrected chi connectivity index (χ4v) is 6.00. The summed E-state index contributed by atoms with van der Waals surface area (Å²) in [5.41, 5.74) is 1.96. The molecule has 8 nitrogen and oxygen atoms in total. The molecule has 0 atom stereocenters. The number of ether oxygens (including phenoxy) is 3. The summed E-state index contributed by atoms with van der Waals surface area (Å²) in [5.74, 6) is 0.500. The smallest absolute Gasteiger partial charge is 0.251 e. The van der Waals surface area contributed by atoms with Crippen LogP contribution < -0.4 is 10.1 Å². The first-order valence-electron chi connectivity index (χ1n) is 11.5. The number of morpholine rings is 1. The predicted octanol–water partition coefficient (Wildman–Crippen LogP) is 2.50. The Morgan fingerprint density at radius 1 is 1.03 bits per heavy atom. The fourth-order valence-electron chi connectivity index (χ4n) is 4.56. The molecule has 0 unspecified atom stereocenters. The Kier molecular flexibility index (Phi) is 7.57. The molecule has 2 fully saturated rings. The third-order valence-corrected chi connectivity index (χ3v) is 8.70. The Morgan fingerprint density at radius 2 is 1.68 bits per heavy atom. The average Bonchev–Trinajstić information content (AvgIpc) is 2.88. The number of rotatable bonds is 7. The number of nitrogens with zero attached hydrogens (tertiary/aromatic N) is 1. The van der Waals surface area contributed by atoms with Gasteiger partial charge in [-0.25, -0.2) is 8.42 Å². The number of methoxy groups -OCH3 is 1. The van der Waals surface area contributed by atoms with Crippen LogP contribution in [0.5, 0.6) is 5.75 Å². The van der Waals surface area contributed by atoms with E-state index in [2.05, 4.69) is 5.32 Å². The van der Waals surface area contributed by atoms with Crippen molar-refractivity contribution >= 4 is 15.9 Å². The largest absolute Gasteiger partial charge is 0.497 e. The molecule has 9 heteroatoms. The van der Waals surface area contributed by atoms with E-state index in [-0.39, 0.29) is 16.2 Å². The van der Waals surface area contributed by atoms with Gasteiger partial charge in [0, 0.05) is 43.8 Å².